The molecule has 0 bridgehead atoms. The molecule has 0 atom stereocenters. The van der Waals surface area contributed by atoms with Gasteiger partial charge in [0.1, 0.15) is 11.6 Å². The number of alkyl halides is 3. The van der Waals surface area contributed by atoms with Gasteiger partial charge in [0.15, 0.2) is 0 Å². The van der Waals surface area contributed by atoms with Crippen LogP contribution < -0.4 is 9.64 Å². The van der Waals surface area contributed by atoms with Gasteiger partial charge in [-0.05, 0) is 48.9 Å². The Kier molecular flexibility index (Phi) is 7.22. The lowest BCUT2D eigenvalue weighted by molar-refractivity contribution is -0.274. The van der Waals surface area contributed by atoms with E-state index in [-0.39, 0.29) is 29.2 Å². The number of hydrogen-bond acceptors (Lipinski definition) is 8. The average Bonchev–Trinajstić information content (AvgIpc) is 3.55. The second-order valence-corrected chi connectivity index (χ2v) is 9.03. The second kappa shape index (κ2) is 10.8. The van der Waals surface area contributed by atoms with Gasteiger partial charge in [0.25, 0.3) is 5.89 Å². The Morgan fingerprint density at radius 2 is 1.77 bits per heavy atom. The minimum atomic E-state index is -4.77. The first-order chi connectivity index (χ1) is 18.7. The Balaban J connectivity index is 1.26. The number of piperazine rings is 1. The standard InChI is InChI=1S/C26H26F3N7O3/c1-3-22(37)35-13-11-34(12-14-35)20-6-4-5-18(15-20)16-36-17(2)30-24(32-36)25-31-23(33-39-25)19-7-9-21(10-8-19)38-26(27,28)29/h4-10,15H,3,11-14,16H2,1-2H3. The van der Waals surface area contributed by atoms with Crippen molar-refractivity contribution in [3.63, 3.8) is 0 Å². The van der Waals surface area contributed by atoms with Crippen molar-refractivity contribution in [3.8, 4) is 28.9 Å². The zero-order valence-electron chi connectivity index (χ0n) is 21.4. The number of halogens is 3. The molecule has 2 aromatic carbocycles. The fourth-order valence-corrected chi connectivity index (χ4v) is 4.36. The van der Waals surface area contributed by atoms with Gasteiger partial charge in [-0.2, -0.15) is 4.98 Å². The van der Waals surface area contributed by atoms with E-state index in [9.17, 15) is 18.0 Å². The molecule has 1 aliphatic rings. The summed E-state index contributed by atoms with van der Waals surface area (Å²) < 4.78 is 48.1. The van der Waals surface area contributed by atoms with Crippen molar-refractivity contribution >= 4 is 11.6 Å². The van der Waals surface area contributed by atoms with Crippen molar-refractivity contribution in [2.75, 3.05) is 31.1 Å². The molecule has 0 radical (unpaired) electrons. The summed E-state index contributed by atoms with van der Waals surface area (Å²) >= 11 is 0. The largest absolute Gasteiger partial charge is 0.573 e. The van der Waals surface area contributed by atoms with E-state index < -0.39 is 6.36 Å². The van der Waals surface area contributed by atoms with E-state index in [1.807, 2.05) is 30.9 Å². The predicted molar refractivity (Wildman–Crippen MR) is 135 cm³/mol. The number of aryl methyl sites for hydroxylation is 1. The van der Waals surface area contributed by atoms with E-state index in [2.05, 4.69) is 42.0 Å². The summed E-state index contributed by atoms with van der Waals surface area (Å²) in [7, 11) is 0. The lowest BCUT2D eigenvalue weighted by atomic mass is 10.1. The third-order valence-electron chi connectivity index (χ3n) is 6.36. The van der Waals surface area contributed by atoms with Gasteiger partial charge in [0.05, 0.1) is 6.54 Å². The summed E-state index contributed by atoms with van der Waals surface area (Å²) in [6.45, 7) is 7.15. The number of aromatic nitrogens is 5. The van der Waals surface area contributed by atoms with Crippen LogP contribution in [-0.2, 0) is 11.3 Å². The van der Waals surface area contributed by atoms with Gasteiger partial charge in [-0.3, -0.25) is 4.79 Å². The number of carbonyl (C=O) groups is 1. The zero-order chi connectivity index (χ0) is 27.6. The van der Waals surface area contributed by atoms with Crippen LogP contribution in [0.5, 0.6) is 5.75 Å². The van der Waals surface area contributed by atoms with Crippen LogP contribution in [0.3, 0.4) is 0 Å². The van der Waals surface area contributed by atoms with E-state index in [4.69, 9.17) is 4.52 Å². The molecule has 5 rings (SSSR count). The fraction of sp³-hybridized carbons (Fsp3) is 0.346. The first-order valence-electron chi connectivity index (χ1n) is 12.4. The van der Waals surface area contributed by atoms with E-state index in [1.165, 1.54) is 24.3 Å². The number of hydrogen-bond donors (Lipinski definition) is 0. The van der Waals surface area contributed by atoms with Crippen LogP contribution in [0.4, 0.5) is 18.9 Å². The molecule has 10 nitrogen and oxygen atoms in total. The maximum Gasteiger partial charge on any atom is 0.573 e. The highest BCUT2D eigenvalue weighted by molar-refractivity contribution is 5.76. The van der Waals surface area contributed by atoms with Crippen molar-refractivity contribution in [1.82, 2.24) is 29.8 Å². The van der Waals surface area contributed by atoms with Crippen LogP contribution in [0.2, 0.25) is 0 Å². The van der Waals surface area contributed by atoms with E-state index in [1.54, 1.807) is 4.68 Å². The van der Waals surface area contributed by atoms with Crippen LogP contribution in [-0.4, -0.2) is 68.3 Å². The minimum Gasteiger partial charge on any atom is -0.406 e. The molecule has 39 heavy (non-hydrogen) atoms. The molecule has 0 spiro atoms. The molecule has 0 unspecified atom stereocenters. The van der Waals surface area contributed by atoms with Crippen molar-refractivity contribution < 1.29 is 27.2 Å². The number of rotatable bonds is 7. The van der Waals surface area contributed by atoms with Crippen molar-refractivity contribution in [1.29, 1.82) is 0 Å². The zero-order valence-corrected chi connectivity index (χ0v) is 21.4. The second-order valence-electron chi connectivity index (χ2n) is 9.03. The number of carbonyl (C=O) groups excluding carboxylic acids is 1. The molecule has 13 heteroatoms. The average molecular weight is 542 g/mol. The third kappa shape index (κ3) is 6.19. The van der Waals surface area contributed by atoms with Crippen LogP contribution in [0.25, 0.3) is 23.1 Å². The number of amides is 1. The Bertz CT molecular complexity index is 1440. The quantitative estimate of drug-likeness (QED) is 0.341. The van der Waals surface area contributed by atoms with Gasteiger partial charge in [0.2, 0.25) is 17.6 Å². The maximum atomic E-state index is 12.4. The topological polar surface area (TPSA) is 102 Å². The van der Waals surface area contributed by atoms with Gasteiger partial charge in [0, 0.05) is 43.9 Å². The van der Waals surface area contributed by atoms with Crippen molar-refractivity contribution in [2.24, 2.45) is 0 Å². The smallest absolute Gasteiger partial charge is 0.406 e. The minimum absolute atomic E-state index is 0.0933. The molecule has 4 aromatic rings. The van der Waals surface area contributed by atoms with Crippen LogP contribution in [0.15, 0.2) is 53.1 Å². The molecule has 1 aliphatic heterocycles. The number of ether oxygens (including phenoxy) is 1. The lowest BCUT2D eigenvalue weighted by Crippen LogP contribution is -2.48. The SMILES string of the molecule is CCC(=O)N1CCN(c2cccc(Cn3nc(-c4nc(-c5ccc(OC(F)(F)F)cc5)no4)nc3C)c2)CC1. The normalized spacial score (nSPS) is 14.1. The summed E-state index contributed by atoms with van der Waals surface area (Å²) in [6.07, 6.45) is -4.25. The van der Waals surface area contributed by atoms with Crippen molar-refractivity contribution in [2.45, 2.75) is 33.2 Å². The number of benzene rings is 2. The third-order valence-corrected chi connectivity index (χ3v) is 6.36. The highest BCUT2D eigenvalue weighted by atomic mass is 19.4. The number of nitrogens with zero attached hydrogens (tertiary/aromatic N) is 7. The Labute approximate surface area is 222 Å². The first-order valence-corrected chi connectivity index (χ1v) is 12.4. The maximum absolute atomic E-state index is 12.4. The molecule has 2 aromatic heterocycles. The molecule has 0 aliphatic carbocycles. The van der Waals surface area contributed by atoms with Gasteiger partial charge >= 0.3 is 6.36 Å². The summed E-state index contributed by atoms with van der Waals surface area (Å²) in [5.74, 6) is 1.01. The predicted octanol–water partition coefficient (Wildman–Crippen LogP) is 4.31. The Morgan fingerprint density at radius 1 is 1.03 bits per heavy atom. The molecule has 204 valence electrons. The molecule has 0 saturated carbocycles. The number of anilines is 1. The van der Waals surface area contributed by atoms with Gasteiger partial charge in [-0.1, -0.05) is 24.2 Å². The molecular formula is C26H26F3N7O3. The highest BCUT2D eigenvalue weighted by Crippen LogP contribution is 2.27. The Hall–Kier alpha value is -4.42. The summed E-state index contributed by atoms with van der Waals surface area (Å²) in [6, 6.07) is 13.3. The lowest BCUT2D eigenvalue weighted by Gasteiger charge is -2.36. The van der Waals surface area contributed by atoms with Crippen LogP contribution in [0.1, 0.15) is 24.7 Å². The van der Waals surface area contributed by atoms with E-state index in [0.717, 1.165) is 24.3 Å². The van der Waals surface area contributed by atoms with Crippen LogP contribution >= 0.6 is 0 Å². The summed E-state index contributed by atoms with van der Waals surface area (Å²) in [5, 5.41) is 8.43. The van der Waals surface area contributed by atoms with E-state index >= 15 is 0 Å². The summed E-state index contributed by atoms with van der Waals surface area (Å²) in [4.78, 5) is 24.9. The van der Waals surface area contributed by atoms with Crippen molar-refractivity contribution in [3.05, 3.63) is 59.9 Å². The van der Waals surface area contributed by atoms with Gasteiger partial charge in [-0.15, -0.1) is 18.3 Å². The highest BCUT2D eigenvalue weighted by Gasteiger charge is 2.31. The molecule has 1 amide bonds. The van der Waals surface area contributed by atoms with Gasteiger partial charge in [-0.25, -0.2) is 9.67 Å². The monoisotopic (exact) mass is 541 g/mol. The molecular weight excluding hydrogens is 515 g/mol. The molecule has 0 N–H and O–H groups in total. The van der Waals surface area contributed by atoms with Gasteiger partial charge < -0.3 is 19.1 Å². The molecule has 1 saturated heterocycles. The molecule has 1 fully saturated rings. The summed E-state index contributed by atoms with van der Waals surface area (Å²) in [5.41, 5.74) is 2.57. The fourth-order valence-electron chi connectivity index (χ4n) is 4.36. The van der Waals surface area contributed by atoms with Crippen LogP contribution in [0, 0.1) is 6.92 Å². The molecule has 3 heterocycles. The Morgan fingerprint density at radius 3 is 2.46 bits per heavy atom. The van der Waals surface area contributed by atoms with E-state index in [0.29, 0.717) is 37.4 Å². The first kappa shape index (κ1) is 26.2.